The maximum Gasteiger partial charge on any atom is 0.119 e. The van der Waals surface area contributed by atoms with Crippen molar-refractivity contribution in [2.24, 2.45) is 5.73 Å². The molecule has 0 aliphatic carbocycles. The van der Waals surface area contributed by atoms with Gasteiger partial charge in [-0.25, -0.2) is 0 Å². The van der Waals surface area contributed by atoms with E-state index >= 15 is 0 Å². The highest BCUT2D eigenvalue weighted by atomic mass is 32.1. The number of nitrogens with two attached hydrogens (primary N) is 1. The summed E-state index contributed by atoms with van der Waals surface area (Å²) in [6, 6.07) is 11.7. The lowest BCUT2D eigenvalue weighted by molar-refractivity contribution is 0.291. The molecule has 2 aromatic rings. The summed E-state index contributed by atoms with van der Waals surface area (Å²) >= 11 is 1.72. The van der Waals surface area contributed by atoms with Crippen molar-refractivity contribution in [2.75, 3.05) is 13.2 Å². The second-order valence-electron chi connectivity index (χ2n) is 4.27. The average Bonchev–Trinajstić information content (AvgIpc) is 2.85. The summed E-state index contributed by atoms with van der Waals surface area (Å²) in [7, 11) is 0. The fourth-order valence-corrected chi connectivity index (χ4v) is 2.58. The summed E-state index contributed by atoms with van der Waals surface area (Å²) in [5.41, 5.74) is 6.09. The van der Waals surface area contributed by atoms with E-state index in [1.807, 2.05) is 31.2 Å². The van der Waals surface area contributed by atoms with Crippen LogP contribution >= 0.6 is 11.3 Å². The van der Waals surface area contributed by atoms with Crippen LogP contribution in [0.2, 0.25) is 0 Å². The molecule has 1 aromatic carbocycles. The van der Waals surface area contributed by atoms with Crippen LogP contribution < -0.4 is 15.2 Å². The third-order valence-corrected chi connectivity index (χ3v) is 3.82. The Hall–Kier alpha value is -1.52. The first-order valence-electron chi connectivity index (χ1n) is 6.36. The zero-order chi connectivity index (χ0) is 13.7. The standard InChI is InChI=1S/C15H19NO2S/c1-3-17-12-5-7-13(8-6-12)18-10-14(16)15-9-4-11(2)19-15/h4-9,14H,3,10,16H2,1-2H3. The molecule has 4 heteroatoms. The molecule has 0 amide bonds. The van der Waals surface area contributed by atoms with Gasteiger partial charge in [0.05, 0.1) is 12.6 Å². The minimum atomic E-state index is -0.0785. The van der Waals surface area contributed by atoms with Crippen LogP contribution in [0.5, 0.6) is 11.5 Å². The van der Waals surface area contributed by atoms with Crippen LogP contribution in [0.1, 0.15) is 22.7 Å². The van der Waals surface area contributed by atoms with Gasteiger partial charge in [-0.15, -0.1) is 11.3 Å². The average molecular weight is 277 g/mol. The molecule has 0 saturated carbocycles. The van der Waals surface area contributed by atoms with Crippen LogP contribution in [-0.2, 0) is 0 Å². The van der Waals surface area contributed by atoms with Crippen LogP contribution in [0.25, 0.3) is 0 Å². The third-order valence-electron chi connectivity index (χ3n) is 2.69. The Morgan fingerprint density at radius 1 is 1.05 bits per heavy atom. The number of thiophene rings is 1. The lowest BCUT2D eigenvalue weighted by Crippen LogP contribution is -2.17. The molecular formula is C15H19NO2S. The zero-order valence-electron chi connectivity index (χ0n) is 11.3. The highest BCUT2D eigenvalue weighted by Gasteiger charge is 2.09. The van der Waals surface area contributed by atoms with E-state index in [0.717, 1.165) is 16.4 Å². The van der Waals surface area contributed by atoms with Crippen LogP contribution in [0, 0.1) is 6.92 Å². The fraction of sp³-hybridized carbons (Fsp3) is 0.333. The van der Waals surface area contributed by atoms with Gasteiger partial charge in [-0.2, -0.15) is 0 Å². The lowest BCUT2D eigenvalue weighted by Gasteiger charge is -2.12. The van der Waals surface area contributed by atoms with E-state index in [4.69, 9.17) is 15.2 Å². The Morgan fingerprint density at radius 2 is 1.68 bits per heavy atom. The Morgan fingerprint density at radius 3 is 2.21 bits per heavy atom. The zero-order valence-corrected chi connectivity index (χ0v) is 12.1. The smallest absolute Gasteiger partial charge is 0.119 e. The van der Waals surface area contributed by atoms with Crippen molar-refractivity contribution in [2.45, 2.75) is 19.9 Å². The SMILES string of the molecule is CCOc1ccc(OCC(N)c2ccc(C)s2)cc1. The molecule has 0 aliphatic rings. The first kappa shape index (κ1) is 13.9. The largest absolute Gasteiger partial charge is 0.494 e. The molecule has 2 N–H and O–H groups in total. The van der Waals surface area contributed by atoms with Crippen LogP contribution in [0.15, 0.2) is 36.4 Å². The van der Waals surface area contributed by atoms with Gasteiger partial charge in [-0.05, 0) is 50.2 Å². The van der Waals surface area contributed by atoms with Crippen molar-refractivity contribution < 1.29 is 9.47 Å². The summed E-state index contributed by atoms with van der Waals surface area (Å²) in [5, 5.41) is 0. The van der Waals surface area contributed by atoms with Crippen molar-refractivity contribution in [1.29, 1.82) is 0 Å². The molecule has 2 rings (SSSR count). The molecule has 0 fully saturated rings. The van der Waals surface area contributed by atoms with E-state index < -0.39 is 0 Å². The third kappa shape index (κ3) is 3.98. The van der Waals surface area contributed by atoms with Crippen molar-refractivity contribution in [3.63, 3.8) is 0 Å². The maximum absolute atomic E-state index is 6.09. The van der Waals surface area contributed by atoms with E-state index in [0.29, 0.717) is 13.2 Å². The summed E-state index contributed by atoms with van der Waals surface area (Å²) < 4.78 is 11.1. The van der Waals surface area contributed by atoms with E-state index in [-0.39, 0.29) is 6.04 Å². The Balaban J connectivity index is 1.87. The van der Waals surface area contributed by atoms with Gasteiger partial charge in [0.1, 0.15) is 18.1 Å². The Kier molecular flexibility index (Phi) is 4.82. The number of rotatable bonds is 6. The summed E-state index contributed by atoms with van der Waals surface area (Å²) in [6.45, 7) is 5.19. The fourth-order valence-electron chi connectivity index (χ4n) is 1.72. The number of ether oxygens (including phenoxy) is 2. The predicted octanol–water partition coefficient (Wildman–Crippen LogP) is 3.53. The van der Waals surface area contributed by atoms with Crippen LogP contribution in [0.3, 0.4) is 0 Å². The predicted molar refractivity (Wildman–Crippen MR) is 79.1 cm³/mol. The van der Waals surface area contributed by atoms with Gasteiger partial charge in [0.2, 0.25) is 0 Å². The molecular weight excluding hydrogens is 258 g/mol. The molecule has 1 heterocycles. The minimum absolute atomic E-state index is 0.0785. The Labute approximate surface area is 118 Å². The second-order valence-corrected chi connectivity index (χ2v) is 5.59. The molecule has 1 atom stereocenters. The second kappa shape index (κ2) is 6.59. The van der Waals surface area contributed by atoms with Crippen molar-refractivity contribution >= 4 is 11.3 Å². The topological polar surface area (TPSA) is 44.5 Å². The molecule has 102 valence electrons. The van der Waals surface area contributed by atoms with E-state index in [9.17, 15) is 0 Å². The van der Waals surface area contributed by atoms with Gasteiger partial charge in [-0.1, -0.05) is 0 Å². The van der Waals surface area contributed by atoms with E-state index in [1.165, 1.54) is 4.88 Å². The summed E-state index contributed by atoms with van der Waals surface area (Å²) in [4.78, 5) is 2.43. The van der Waals surface area contributed by atoms with Crippen molar-refractivity contribution in [1.82, 2.24) is 0 Å². The van der Waals surface area contributed by atoms with Crippen molar-refractivity contribution in [3.8, 4) is 11.5 Å². The Bertz CT molecular complexity index is 507. The van der Waals surface area contributed by atoms with Gasteiger partial charge in [0.25, 0.3) is 0 Å². The van der Waals surface area contributed by atoms with Gasteiger partial charge < -0.3 is 15.2 Å². The van der Waals surface area contributed by atoms with Gasteiger partial charge >= 0.3 is 0 Å². The monoisotopic (exact) mass is 277 g/mol. The number of aryl methyl sites for hydroxylation is 1. The van der Waals surface area contributed by atoms with Crippen LogP contribution in [-0.4, -0.2) is 13.2 Å². The van der Waals surface area contributed by atoms with Gasteiger partial charge in [0.15, 0.2) is 0 Å². The van der Waals surface area contributed by atoms with Gasteiger partial charge in [-0.3, -0.25) is 0 Å². The molecule has 3 nitrogen and oxygen atoms in total. The molecule has 0 radical (unpaired) electrons. The van der Waals surface area contributed by atoms with E-state index in [1.54, 1.807) is 11.3 Å². The first-order valence-corrected chi connectivity index (χ1v) is 7.18. The molecule has 0 aliphatic heterocycles. The maximum atomic E-state index is 6.09. The molecule has 0 bridgehead atoms. The summed E-state index contributed by atoms with van der Waals surface area (Å²) in [5.74, 6) is 1.67. The molecule has 0 saturated heterocycles. The van der Waals surface area contributed by atoms with E-state index in [2.05, 4.69) is 19.1 Å². The number of hydrogen-bond acceptors (Lipinski definition) is 4. The number of benzene rings is 1. The summed E-state index contributed by atoms with van der Waals surface area (Å²) in [6.07, 6.45) is 0. The molecule has 1 unspecified atom stereocenters. The normalized spacial score (nSPS) is 12.2. The first-order chi connectivity index (χ1) is 9.19. The highest BCUT2D eigenvalue weighted by molar-refractivity contribution is 7.12. The lowest BCUT2D eigenvalue weighted by atomic mass is 10.2. The highest BCUT2D eigenvalue weighted by Crippen LogP contribution is 2.23. The minimum Gasteiger partial charge on any atom is -0.494 e. The van der Waals surface area contributed by atoms with Crippen molar-refractivity contribution in [3.05, 3.63) is 46.2 Å². The van der Waals surface area contributed by atoms with Crippen LogP contribution in [0.4, 0.5) is 0 Å². The number of hydrogen-bond donors (Lipinski definition) is 1. The quantitative estimate of drug-likeness (QED) is 0.878. The van der Waals surface area contributed by atoms with Gasteiger partial charge in [0, 0.05) is 9.75 Å². The molecule has 1 aromatic heterocycles. The molecule has 19 heavy (non-hydrogen) atoms. The molecule has 0 spiro atoms.